The van der Waals surface area contributed by atoms with Crippen LogP contribution in [0.4, 0.5) is 0 Å². The first-order valence-electron chi connectivity index (χ1n) is 10.5. The number of sulfonamides is 1. The van der Waals surface area contributed by atoms with Crippen LogP contribution in [0.5, 0.6) is 17.2 Å². The first kappa shape index (κ1) is 23.6. The van der Waals surface area contributed by atoms with Crippen molar-refractivity contribution in [2.24, 2.45) is 0 Å². The van der Waals surface area contributed by atoms with Gasteiger partial charge in [-0.1, -0.05) is 17.7 Å². The van der Waals surface area contributed by atoms with E-state index in [1.54, 1.807) is 4.90 Å². The van der Waals surface area contributed by atoms with Crippen molar-refractivity contribution in [2.75, 3.05) is 53.7 Å². The number of amides is 1. The highest BCUT2D eigenvalue weighted by Crippen LogP contribution is 2.33. The van der Waals surface area contributed by atoms with Crippen molar-refractivity contribution in [3.63, 3.8) is 0 Å². The highest BCUT2D eigenvalue weighted by molar-refractivity contribution is 7.89. The van der Waals surface area contributed by atoms with Crippen molar-refractivity contribution in [1.29, 1.82) is 0 Å². The zero-order chi connectivity index (χ0) is 23.6. The van der Waals surface area contributed by atoms with Crippen LogP contribution in [0.25, 0.3) is 0 Å². The Balaban J connectivity index is 1.30. The number of fused-ring (bicyclic) bond motifs is 1. The Bertz CT molecular complexity index is 1130. The van der Waals surface area contributed by atoms with E-state index in [4.69, 9.17) is 25.8 Å². The summed E-state index contributed by atoms with van der Waals surface area (Å²) in [7, 11) is -1.02. The Kier molecular flexibility index (Phi) is 6.99. The molecule has 9 nitrogen and oxygen atoms in total. The minimum Gasteiger partial charge on any atom is -0.495 e. The third-order valence-electron chi connectivity index (χ3n) is 5.76. The van der Waals surface area contributed by atoms with Crippen molar-refractivity contribution in [3.05, 3.63) is 47.0 Å². The van der Waals surface area contributed by atoms with Crippen molar-refractivity contribution in [2.45, 2.75) is 11.4 Å². The lowest BCUT2D eigenvalue weighted by Crippen LogP contribution is -2.51. The van der Waals surface area contributed by atoms with E-state index in [0.717, 1.165) is 27.9 Å². The zero-order valence-corrected chi connectivity index (χ0v) is 20.1. The molecule has 0 unspecified atom stereocenters. The molecule has 0 bridgehead atoms. The average Bonchev–Trinajstić information content (AvgIpc) is 3.27. The number of carbonyl (C=O) groups is 1. The van der Waals surface area contributed by atoms with Gasteiger partial charge in [-0.2, -0.15) is 4.31 Å². The molecule has 4 rings (SSSR count). The molecule has 0 aliphatic carbocycles. The van der Waals surface area contributed by atoms with E-state index in [1.165, 1.54) is 32.4 Å². The number of hydrogen-bond donors (Lipinski definition) is 0. The molecular formula is C22H26ClN3O6S. The fourth-order valence-electron chi connectivity index (χ4n) is 3.82. The molecule has 2 aliphatic heterocycles. The van der Waals surface area contributed by atoms with Crippen molar-refractivity contribution in [1.82, 2.24) is 14.1 Å². The van der Waals surface area contributed by atoms with Gasteiger partial charge in [-0.25, -0.2) is 8.42 Å². The fourth-order valence-corrected chi connectivity index (χ4v) is 5.29. The quantitative estimate of drug-likeness (QED) is 0.580. The minimum atomic E-state index is -3.86. The number of ether oxygens (including phenoxy) is 3. The van der Waals surface area contributed by atoms with Crippen LogP contribution >= 0.6 is 11.6 Å². The van der Waals surface area contributed by atoms with Crippen LogP contribution in [-0.2, 0) is 21.4 Å². The third-order valence-corrected chi connectivity index (χ3v) is 7.85. The Morgan fingerprint density at radius 3 is 2.52 bits per heavy atom. The van der Waals surface area contributed by atoms with Gasteiger partial charge in [-0.3, -0.25) is 9.69 Å². The molecule has 2 heterocycles. The summed E-state index contributed by atoms with van der Waals surface area (Å²) in [6.07, 6.45) is 0. The second-order valence-corrected chi connectivity index (χ2v) is 10.4. The summed E-state index contributed by atoms with van der Waals surface area (Å²) in [6, 6.07) is 10.1. The van der Waals surface area contributed by atoms with E-state index in [9.17, 15) is 13.2 Å². The molecule has 178 valence electrons. The number of likely N-dealkylation sites (N-methyl/N-ethyl adjacent to an activating group) is 1. The molecule has 33 heavy (non-hydrogen) atoms. The molecule has 1 saturated heterocycles. The molecule has 0 N–H and O–H groups in total. The number of halogens is 1. The third kappa shape index (κ3) is 5.19. The van der Waals surface area contributed by atoms with E-state index in [-0.39, 0.29) is 29.2 Å². The van der Waals surface area contributed by atoms with Crippen molar-refractivity contribution in [3.8, 4) is 17.2 Å². The van der Waals surface area contributed by atoms with E-state index >= 15 is 0 Å². The lowest BCUT2D eigenvalue weighted by Gasteiger charge is -2.35. The number of benzene rings is 2. The Morgan fingerprint density at radius 2 is 1.82 bits per heavy atom. The second-order valence-electron chi connectivity index (χ2n) is 7.90. The molecule has 11 heteroatoms. The molecule has 0 saturated carbocycles. The molecule has 2 aromatic carbocycles. The first-order valence-corrected chi connectivity index (χ1v) is 12.3. The smallest absolute Gasteiger partial charge is 0.243 e. The lowest BCUT2D eigenvalue weighted by molar-refractivity contribution is -0.133. The summed E-state index contributed by atoms with van der Waals surface area (Å²) in [4.78, 5) is 16.7. The largest absolute Gasteiger partial charge is 0.495 e. The van der Waals surface area contributed by atoms with Crippen molar-refractivity contribution >= 4 is 27.5 Å². The number of nitrogens with zero attached hydrogens (tertiary/aromatic N) is 3. The number of rotatable bonds is 7. The first-order chi connectivity index (χ1) is 15.8. The molecule has 2 aliphatic rings. The number of methoxy groups -OCH3 is 1. The Morgan fingerprint density at radius 1 is 1.09 bits per heavy atom. The maximum absolute atomic E-state index is 12.9. The van der Waals surface area contributed by atoms with Crippen LogP contribution in [-0.4, -0.2) is 82.1 Å². The van der Waals surface area contributed by atoms with Gasteiger partial charge in [0.1, 0.15) is 5.75 Å². The monoisotopic (exact) mass is 495 g/mol. The maximum Gasteiger partial charge on any atom is 0.243 e. The van der Waals surface area contributed by atoms with E-state index < -0.39 is 10.0 Å². The summed E-state index contributed by atoms with van der Waals surface area (Å²) < 4.78 is 42.6. The fraction of sp³-hybridized carbons (Fsp3) is 0.409. The molecule has 0 radical (unpaired) electrons. The van der Waals surface area contributed by atoms with Crippen LogP contribution in [0.15, 0.2) is 41.3 Å². The number of hydrogen-bond acceptors (Lipinski definition) is 7. The Hall–Kier alpha value is -2.53. The predicted octanol–water partition coefficient (Wildman–Crippen LogP) is 2.04. The van der Waals surface area contributed by atoms with Crippen LogP contribution in [0.1, 0.15) is 5.56 Å². The maximum atomic E-state index is 12.9. The van der Waals surface area contributed by atoms with Gasteiger partial charge in [-0.15, -0.1) is 0 Å². The molecule has 0 atom stereocenters. The van der Waals surface area contributed by atoms with Crippen LogP contribution < -0.4 is 14.2 Å². The van der Waals surface area contributed by atoms with Gasteiger partial charge >= 0.3 is 0 Å². The van der Waals surface area contributed by atoms with Gasteiger partial charge in [0.25, 0.3) is 0 Å². The van der Waals surface area contributed by atoms with Crippen LogP contribution in [0.3, 0.4) is 0 Å². The normalized spacial score (nSPS) is 16.3. The van der Waals surface area contributed by atoms with Gasteiger partial charge < -0.3 is 19.1 Å². The van der Waals surface area contributed by atoms with Gasteiger partial charge in [0.05, 0.1) is 23.6 Å². The number of carbonyl (C=O) groups excluding carboxylic acids is 1. The standard InChI is InChI=1S/C22H26ClN3O6S/c1-24(33(28,29)17-4-6-19(30-2)18(23)12-17)14-22(27)26-9-7-25(8-10-26)13-16-3-5-20-21(11-16)32-15-31-20/h3-6,11-12H,7-10,13-15H2,1-2H3. The Labute approximate surface area is 198 Å². The van der Waals surface area contributed by atoms with Crippen LogP contribution in [0, 0.1) is 0 Å². The van der Waals surface area contributed by atoms with Gasteiger partial charge in [0.15, 0.2) is 11.5 Å². The van der Waals surface area contributed by atoms with Gasteiger partial charge in [0, 0.05) is 39.8 Å². The summed E-state index contributed by atoms with van der Waals surface area (Å²) in [5, 5.41) is 0.192. The molecule has 1 amide bonds. The van der Waals surface area contributed by atoms with Crippen LogP contribution in [0.2, 0.25) is 5.02 Å². The molecular weight excluding hydrogens is 470 g/mol. The lowest BCUT2D eigenvalue weighted by atomic mass is 10.1. The summed E-state index contributed by atoms with van der Waals surface area (Å²) in [5.41, 5.74) is 1.11. The van der Waals surface area contributed by atoms with Gasteiger partial charge in [0.2, 0.25) is 22.7 Å². The van der Waals surface area contributed by atoms with Gasteiger partial charge in [-0.05, 0) is 35.9 Å². The summed E-state index contributed by atoms with van der Waals surface area (Å²) >= 11 is 6.07. The van der Waals surface area contributed by atoms with E-state index in [1.807, 2.05) is 18.2 Å². The SMILES string of the molecule is COc1ccc(S(=O)(=O)N(C)CC(=O)N2CCN(Cc3ccc4c(c3)OCO4)CC2)cc1Cl. The number of piperazine rings is 1. The second kappa shape index (κ2) is 9.76. The molecule has 0 spiro atoms. The van der Waals surface area contributed by atoms with Crippen molar-refractivity contribution < 1.29 is 27.4 Å². The molecule has 1 fully saturated rings. The predicted molar refractivity (Wildman–Crippen MR) is 122 cm³/mol. The highest BCUT2D eigenvalue weighted by Gasteiger charge is 2.28. The molecule has 0 aromatic heterocycles. The highest BCUT2D eigenvalue weighted by atomic mass is 35.5. The van der Waals surface area contributed by atoms with E-state index in [0.29, 0.717) is 31.9 Å². The van der Waals surface area contributed by atoms with E-state index in [2.05, 4.69) is 4.90 Å². The summed E-state index contributed by atoms with van der Waals surface area (Å²) in [6.45, 7) is 3.21. The topological polar surface area (TPSA) is 88.6 Å². The molecule has 2 aromatic rings. The zero-order valence-electron chi connectivity index (χ0n) is 18.5. The average molecular weight is 496 g/mol. The summed E-state index contributed by atoms with van der Waals surface area (Å²) in [5.74, 6) is 1.66. The minimum absolute atomic E-state index is 0.0112.